The van der Waals surface area contributed by atoms with Crippen LogP contribution in [0.25, 0.3) is 0 Å². The van der Waals surface area contributed by atoms with Gasteiger partial charge in [-0.05, 0) is 37.4 Å². The maximum atomic E-state index is 13.2. The molecule has 4 atom stereocenters. The number of aromatic hydroxyl groups is 1. The lowest BCUT2D eigenvalue weighted by atomic mass is 9.67. The fourth-order valence-corrected chi connectivity index (χ4v) is 5.48. The van der Waals surface area contributed by atoms with Gasteiger partial charge in [-0.1, -0.05) is 12.1 Å². The third-order valence-electron chi connectivity index (χ3n) is 6.75. The highest BCUT2D eigenvalue weighted by molar-refractivity contribution is 6.08. The van der Waals surface area contributed by atoms with E-state index in [1.807, 2.05) is 12.1 Å². The number of fused-ring (bicyclic) bond motifs is 4. The minimum Gasteiger partial charge on any atom is -0.508 e. The largest absolute Gasteiger partial charge is 0.508 e. The number of nitrogens with one attached hydrogen (secondary N) is 1. The molecule has 1 aromatic rings. The topological polar surface area (TPSA) is 88.1 Å². The molecular formula is C22H26N2O5. The number of carbonyl (C=O) groups is 2. The molecule has 3 aliphatic rings. The number of phenolic OH excluding ortho intramolecular Hbond substituents is 1. The summed E-state index contributed by atoms with van der Waals surface area (Å²) >= 11 is 0. The molecular weight excluding hydrogens is 372 g/mol. The summed E-state index contributed by atoms with van der Waals surface area (Å²) in [5, 5.41) is 13.6. The summed E-state index contributed by atoms with van der Waals surface area (Å²) in [5.41, 5.74) is 0.945. The lowest BCUT2D eigenvalue weighted by Crippen LogP contribution is -2.53. The Balaban J connectivity index is 1.78. The Morgan fingerprint density at radius 3 is 2.90 bits per heavy atom. The quantitative estimate of drug-likeness (QED) is 0.350. The van der Waals surface area contributed by atoms with Gasteiger partial charge in [0.1, 0.15) is 5.75 Å². The van der Waals surface area contributed by atoms with Gasteiger partial charge in [0, 0.05) is 29.8 Å². The van der Waals surface area contributed by atoms with Gasteiger partial charge < -0.3 is 19.9 Å². The molecule has 0 aliphatic carbocycles. The number of anilines is 1. The molecule has 0 bridgehead atoms. The fraction of sp³-hybridized carbons (Fsp3) is 0.455. The lowest BCUT2D eigenvalue weighted by Gasteiger charge is -2.44. The zero-order valence-electron chi connectivity index (χ0n) is 16.7. The molecule has 1 aromatic carbocycles. The summed E-state index contributed by atoms with van der Waals surface area (Å²) in [6.07, 6.45) is 4.47. The summed E-state index contributed by atoms with van der Waals surface area (Å²) in [4.78, 5) is 27.9. The van der Waals surface area contributed by atoms with Gasteiger partial charge in [-0.25, -0.2) is 4.79 Å². The number of rotatable bonds is 4. The highest BCUT2D eigenvalue weighted by Gasteiger charge is 2.61. The molecule has 0 saturated carbocycles. The molecule has 0 unspecified atom stereocenters. The van der Waals surface area contributed by atoms with Crippen LogP contribution in [0.15, 0.2) is 42.7 Å². The molecule has 4 rings (SSSR count). The zero-order chi connectivity index (χ0) is 20.8. The number of ether oxygens (including phenoxy) is 2. The summed E-state index contributed by atoms with van der Waals surface area (Å²) in [6, 6.07) is 5.03. The molecule has 0 radical (unpaired) electrons. The van der Waals surface area contributed by atoms with Crippen LogP contribution in [0.5, 0.6) is 5.75 Å². The van der Waals surface area contributed by atoms with Crippen molar-refractivity contribution in [1.82, 2.24) is 4.90 Å². The number of amides is 1. The first-order valence-electron chi connectivity index (χ1n) is 9.79. The van der Waals surface area contributed by atoms with Gasteiger partial charge in [0.15, 0.2) is 0 Å². The number of nitrogens with zero attached hydrogens (tertiary/aromatic N) is 1. The smallest absolute Gasteiger partial charge is 0.337 e. The number of esters is 1. The van der Waals surface area contributed by atoms with E-state index in [0.29, 0.717) is 36.2 Å². The number of hydrogen-bond acceptors (Lipinski definition) is 6. The van der Waals surface area contributed by atoms with Crippen LogP contribution in [0, 0.1) is 11.8 Å². The van der Waals surface area contributed by atoms with Gasteiger partial charge >= 0.3 is 5.97 Å². The van der Waals surface area contributed by atoms with E-state index in [2.05, 4.69) is 16.8 Å². The monoisotopic (exact) mass is 398 g/mol. The summed E-state index contributed by atoms with van der Waals surface area (Å²) < 4.78 is 10.1. The summed E-state index contributed by atoms with van der Waals surface area (Å²) in [5.74, 6) is -0.573. The maximum absolute atomic E-state index is 13.2. The standard InChI is InChI=1S/C22H26N2O5/c1-4-13-11-24-9-8-22(19-16(23-21(22)27)6-5-7-17(19)25)18(24)10-14(13)15(12-28-2)20(26)29-3/h4-7,12-14,18,25H,1,8-11H2,2-3H3,(H,23,27)/b15-12+/t13-,14+,18-,22-/m1/s1. The van der Waals surface area contributed by atoms with Crippen molar-refractivity contribution < 1.29 is 24.2 Å². The van der Waals surface area contributed by atoms with E-state index < -0.39 is 11.4 Å². The number of carbonyl (C=O) groups excluding carboxylic acids is 2. The Morgan fingerprint density at radius 2 is 2.21 bits per heavy atom. The molecule has 7 heteroatoms. The number of benzene rings is 1. The van der Waals surface area contributed by atoms with Crippen molar-refractivity contribution in [2.75, 3.05) is 32.6 Å². The highest BCUT2D eigenvalue weighted by Crippen LogP contribution is 2.55. The van der Waals surface area contributed by atoms with Crippen LogP contribution in [-0.2, 0) is 24.5 Å². The lowest BCUT2D eigenvalue weighted by molar-refractivity contribution is -0.137. The average Bonchev–Trinajstić information content (AvgIpc) is 3.24. The summed E-state index contributed by atoms with van der Waals surface area (Å²) in [7, 11) is 2.84. The normalized spacial score (nSPS) is 31.2. The minimum absolute atomic E-state index is 0.0233. The molecule has 2 saturated heterocycles. The van der Waals surface area contributed by atoms with E-state index in [1.165, 1.54) is 20.5 Å². The van der Waals surface area contributed by atoms with Crippen LogP contribution in [0.1, 0.15) is 18.4 Å². The van der Waals surface area contributed by atoms with Crippen LogP contribution < -0.4 is 5.32 Å². The Labute approximate surface area is 170 Å². The van der Waals surface area contributed by atoms with Gasteiger partial charge in [-0.15, -0.1) is 6.58 Å². The van der Waals surface area contributed by atoms with E-state index in [4.69, 9.17) is 9.47 Å². The predicted octanol–water partition coefficient (Wildman–Crippen LogP) is 2.18. The van der Waals surface area contributed by atoms with Gasteiger partial charge in [-0.2, -0.15) is 0 Å². The van der Waals surface area contributed by atoms with Crippen molar-refractivity contribution in [3.05, 3.63) is 48.3 Å². The van der Waals surface area contributed by atoms with Gasteiger partial charge in [0.05, 0.1) is 31.5 Å². The van der Waals surface area contributed by atoms with E-state index in [-0.39, 0.29) is 29.5 Å². The average molecular weight is 398 g/mol. The van der Waals surface area contributed by atoms with Crippen LogP contribution in [0.3, 0.4) is 0 Å². The molecule has 0 aromatic heterocycles. The van der Waals surface area contributed by atoms with Crippen molar-refractivity contribution in [2.24, 2.45) is 11.8 Å². The van der Waals surface area contributed by atoms with E-state index in [1.54, 1.807) is 12.1 Å². The Morgan fingerprint density at radius 1 is 1.41 bits per heavy atom. The Bertz CT molecular complexity index is 895. The predicted molar refractivity (Wildman–Crippen MR) is 107 cm³/mol. The van der Waals surface area contributed by atoms with E-state index >= 15 is 0 Å². The Kier molecular flexibility index (Phi) is 4.86. The first-order valence-corrected chi connectivity index (χ1v) is 9.79. The second-order valence-corrected chi connectivity index (χ2v) is 7.93. The molecule has 1 spiro atoms. The SMILES string of the molecule is C=C[C@@H]1CN2CC[C@@]3(C(=O)Nc4cccc(O)c43)[C@H]2C[C@@H]1/C(=C\OC)C(=O)OC. The molecule has 3 heterocycles. The van der Waals surface area contributed by atoms with Gasteiger partial charge in [-0.3, -0.25) is 9.69 Å². The first kappa shape index (κ1) is 19.5. The van der Waals surface area contributed by atoms with E-state index in [0.717, 1.165) is 6.54 Å². The molecule has 29 heavy (non-hydrogen) atoms. The number of phenols is 1. The number of piperidine rings is 1. The van der Waals surface area contributed by atoms with Gasteiger partial charge in [0.2, 0.25) is 5.91 Å². The van der Waals surface area contributed by atoms with Crippen molar-refractivity contribution in [3.8, 4) is 5.75 Å². The number of hydrogen-bond donors (Lipinski definition) is 2. The second-order valence-electron chi connectivity index (χ2n) is 7.93. The van der Waals surface area contributed by atoms with Crippen molar-refractivity contribution in [2.45, 2.75) is 24.3 Å². The summed E-state index contributed by atoms with van der Waals surface area (Å²) in [6.45, 7) is 5.38. The van der Waals surface area contributed by atoms with Crippen LogP contribution in [-0.4, -0.2) is 55.2 Å². The van der Waals surface area contributed by atoms with Crippen molar-refractivity contribution in [3.63, 3.8) is 0 Å². The first-order chi connectivity index (χ1) is 14.0. The molecule has 3 aliphatic heterocycles. The molecule has 7 nitrogen and oxygen atoms in total. The highest BCUT2D eigenvalue weighted by atomic mass is 16.5. The number of methoxy groups -OCH3 is 2. The van der Waals surface area contributed by atoms with Crippen LogP contribution in [0.2, 0.25) is 0 Å². The second kappa shape index (κ2) is 7.22. The van der Waals surface area contributed by atoms with Crippen LogP contribution >= 0.6 is 0 Å². The molecule has 154 valence electrons. The van der Waals surface area contributed by atoms with Crippen LogP contribution in [0.4, 0.5) is 5.69 Å². The fourth-order valence-electron chi connectivity index (χ4n) is 5.48. The Hall–Kier alpha value is -2.80. The molecule has 2 fully saturated rings. The molecule has 2 N–H and O–H groups in total. The third-order valence-corrected chi connectivity index (χ3v) is 6.75. The van der Waals surface area contributed by atoms with Crippen molar-refractivity contribution >= 4 is 17.6 Å². The maximum Gasteiger partial charge on any atom is 0.337 e. The minimum atomic E-state index is -0.834. The third kappa shape index (κ3) is 2.75. The zero-order valence-corrected chi connectivity index (χ0v) is 16.7. The van der Waals surface area contributed by atoms with Crippen molar-refractivity contribution in [1.29, 1.82) is 0 Å². The molecule has 1 amide bonds. The van der Waals surface area contributed by atoms with E-state index in [9.17, 15) is 14.7 Å². The van der Waals surface area contributed by atoms with Gasteiger partial charge in [0.25, 0.3) is 0 Å².